The molecule has 0 radical (unpaired) electrons. The van der Waals surface area contributed by atoms with Crippen LogP contribution in [-0.2, 0) is 0 Å². The van der Waals surface area contributed by atoms with Gasteiger partial charge in [0.2, 0.25) is 0 Å². The summed E-state index contributed by atoms with van der Waals surface area (Å²) in [6.45, 7) is 2.90. The van der Waals surface area contributed by atoms with Gasteiger partial charge in [-0.05, 0) is 18.6 Å². The minimum Gasteiger partial charge on any atom is -0.504 e. The molecule has 0 aliphatic carbocycles. The molecule has 3 aromatic carbocycles. The normalized spacial score (nSPS) is 10.9. The van der Waals surface area contributed by atoms with E-state index in [0.717, 1.165) is 22.9 Å². The van der Waals surface area contributed by atoms with Crippen LogP contribution in [0, 0.1) is 0 Å². The number of benzene rings is 3. The van der Waals surface area contributed by atoms with Crippen LogP contribution in [0.4, 0.5) is 0 Å². The maximum Gasteiger partial charge on any atom is 0.173 e. The Morgan fingerprint density at radius 2 is 1.41 bits per heavy atom. The molecule has 0 unspecified atom stereocenters. The number of hydrogen-bond donors (Lipinski definition) is 1. The molecule has 0 atom stereocenters. The average Bonchev–Trinajstić information content (AvgIpc) is 2.71. The van der Waals surface area contributed by atoms with Crippen molar-refractivity contribution in [3.63, 3.8) is 0 Å². The zero-order valence-electron chi connectivity index (χ0n) is 16.0. The van der Waals surface area contributed by atoms with Crippen molar-refractivity contribution in [2.75, 3.05) is 6.61 Å². The highest BCUT2D eigenvalue weighted by Gasteiger charge is 2.14. The number of phenols is 1. The molecule has 0 fully saturated rings. The van der Waals surface area contributed by atoms with Gasteiger partial charge in [-0.2, -0.15) is 0 Å². The molecule has 0 amide bonds. The molecule has 0 bridgehead atoms. The van der Waals surface area contributed by atoms with Crippen LogP contribution in [0.25, 0.3) is 10.8 Å². The molecule has 0 saturated heterocycles. The van der Waals surface area contributed by atoms with E-state index in [0.29, 0.717) is 18.1 Å². The molecule has 0 aliphatic heterocycles. The molecule has 0 spiro atoms. The van der Waals surface area contributed by atoms with Crippen molar-refractivity contribution in [3.05, 3.63) is 60.7 Å². The lowest BCUT2D eigenvalue weighted by molar-refractivity contribution is 0.305. The molecular formula is C24H28O3. The summed E-state index contributed by atoms with van der Waals surface area (Å²) < 4.78 is 12.0. The Kier molecular flexibility index (Phi) is 6.97. The lowest BCUT2D eigenvalue weighted by Crippen LogP contribution is -1.99. The molecular weight excluding hydrogens is 336 g/mol. The number of para-hydroxylation sites is 1. The molecule has 0 aliphatic rings. The van der Waals surface area contributed by atoms with Crippen molar-refractivity contribution in [1.82, 2.24) is 0 Å². The number of fused-ring (bicyclic) bond motifs is 1. The van der Waals surface area contributed by atoms with Crippen LogP contribution in [0.5, 0.6) is 23.0 Å². The van der Waals surface area contributed by atoms with Crippen LogP contribution in [0.2, 0.25) is 0 Å². The Morgan fingerprint density at radius 3 is 2.19 bits per heavy atom. The van der Waals surface area contributed by atoms with Crippen LogP contribution in [-0.4, -0.2) is 11.7 Å². The predicted octanol–water partition coefficient (Wildman–Crippen LogP) is 7.08. The van der Waals surface area contributed by atoms with Gasteiger partial charge < -0.3 is 14.6 Å². The summed E-state index contributed by atoms with van der Waals surface area (Å²) in [5, 5.41) is 12.3. The van der Waals surface area contributed by atoms with Gasteiger partial charge in [-0.25, -0.2) is 0 Å². The lowest BCUT2D eigenvalue weighted by Gasteiger charge is -2.15. The second-order valence-electron chi connectivity index (χ2n) is 6.80. The van der Waals surface area contributed by atoms with E-state index in [9.17, 15) is 5.11 Å². The molecule has 3 heteroatoms. The largest absolute Gasteiger partial charge is 0.504 e. The fraction of sp³-hybridized carbons (Fsp3) is 0.333. The maximum absolute atomic E-state index is 10.6. The van der Waals surface area contributed by atoms with Crippen molar-refractivity contribution >= 4 is 10.8 Å². The van der Waals surface area contributed by atoms with Crippen LogP contribution >= 0.6 is 0 Å². The highest BCUT2D eigenvalue weighted by Crippen LogP contribution is 2.42. The van der Waals surface area contributed by atoms with E-state index in [1.54, 1.807) is 6.07 Å². The molecule has 0 heterocycles. The fourth-order valence-corrected chi connectivity index (χ4v) is 3.18. The Bertz CT molecular complexity index is 843. The van der Waals surface area contributed by atoms with Crippen LogP contribution < -0.4 is 9.47 Å². The van der Waals surface area contributed by atoms with Crippen molar-refractivity contribution in [1.29, 1.82) is 0 Å². The number of phenolic OH excluding ortho intramolecular Hbond substituents is 1. The average molecular weight is 364 g/mol. The Balaban J connectivity index is 1.74. The van der Waals surface area contributed by atoms with Crippen molar-refractivity contribution in [2.45, 2.75) is 45.4 Å². The summed E-state index contributed by atoms with van der Waals surface area (Å²) in [6.07, 6.45) is 7.35. The van der Waals surface area contributed by atoms with Gasteiger partial charge in [0.1, 0.15) is 11.5 Å². The van der Waals surface area contributed by atoms with E-state index in [-0.39, 0.29) is 5.75 Å². The smallest absolute Gasteiger partial charge is 0.173 e. The van der Waals surface area contributed by atoms with E-state index in [1.807, 2.05) is 54.6 Å². The van der Waals surface area contributed by atoms with Gasteiger partial charge in [-0.3, -0.25) is 0 Å². The molecule has 142 valence electrons. The van der Waals surface area contributed by atoms with E-state index in [4.69, 9.17) is 9.47 Å². The summed E-state index contributed by atoms with van der Waals surface area (Å²) in [4.78, 5) is 0. The summed E-state index contributed by atoms with van der Waals surface area (Å²) in [5.41, 5.74) is 0. The second-order valence-corrected chi connectivity index (χ2v) is 6.80. The van der Waals surface area contributed by atoms with Gasteiger partial charge in [0.25, 0.3) is 0 Å². The highest BCUT2D eigenvalue weighted by molar-refractivity contribution is 5.95. The van der Waals surface area contributed by atoms with Crippen molar-refractivity contribution in [3.8, 4) is 23.0 Å². The highest BCUT2D eigenvalue weighted by atomic mass is 16.5. The summed E-state index contributed by atoms with van der Waals surface area (Å²) in [5.74, 6) is 1.99. The summed E-state index contributed by atoms with van der Waals surface area (Å²) >= 11 is 0. The van der Waals surface area contributed by atoms with E-state index in [1.165, 1.54) is 32.1 Å². The molecule has 3 rings (SSSR count). The minimum atomic E-state index is 0.140. The van der Waals surface area contributed by atoms with Gasteiger partial charge in [-0.15, -0.1) is 0 Å². The van der Waals surface area contributed by atoms with E-state index >= 15 is 0 Å². The third kappa shape index (κ3) is 5.16. The van der Waals surface area contributed by atoms with Crippen molar-refractivity contribution < 1.29 is 14.6 Å². The summed E-state index contributed by atoms with van der Waals surface area (Å²) in [7, 11) is 0. The van der Waals surface area contributed by atoms with Crippen LogP contribution in [0.3, 0.4) is 0 Å². The quantitative estimate of drug-likeness (QED) is 0.391. The standard InChI is InChI=1S/C24H28O3/c1-2-3-4-5-6-12-17-26-22-18-23(27-19-13-8-7-9-14-19)24(25)21-16-11-10-15-20(21)22/h7-11,13-16,18,25H,2-6,12,17H2,1H3. The van der Waals surface area contributed by atoms with Gasteiger partial charge in [-0.1, -0.05) is 81.5 Å². The topological polar surface area (TPSA) is 38.7 Å². The van der Waals surface area contributed by atoms with Gasteiger partial charge >= 0.3 is 0 Å². The SMILES string of the molecule is CCCCCCCCOc1cc(Oc2ccccc2)c(O)c2ccccc12. The zero-order chi connectivity index (χ0) is 18.9. The first-order valence-electron chi connectivity index (χ1n) is 9.90. The number of aromatic hydroxyl groups is 1. The molecule has 0 aromatic heterocycles. The lowest BCUT2D eigenvalue weighted by atomic mass is 10.1. The van der Waals surface area contributed by atoms with Gasteiger partial charge in [0.15, 0.2) is 11.5 Å². The second kappa shape index (κ2) is 9.86. The van der Waals surface area contributed by atoms with Crippen LogP contribution in [0.1, 0.15) is 45.4 Å². The molecule has 0 saturated carbocycles. The minimum absolute atomic E-state index is 0.140. The Labute approximate surface area is 161 Å². The van der Waals surface area contributed by atoms with Gasteiger partial charge in [0, 0.05) is 16.8 Å². The summed E-state index contributed by atoms with van der Waals surface area (Å²) in [6, 6.07) is 19.0. The first-order chi connectivity index (χ1) is 13.3. The first-order valence-corrected chi connectivity index (χ1v) is 9.90. The molecule has 27 heavy (non-hydrogen) atoms. The zero-order valence-corrected chi connectivity index (χ0v) is 16.0. The fourth-order valence-electron chi connectivity index (χ4n) is 3.18. The Morgan fingerprint density at radius 1 is 0.741 bits per heavy atom. The monoisotopic (exact) mass is 364 g/mol. The van der Waals surface area contributed by atoms with E-state index < -0.39 is 0 Å². The maximum atomic E-state index is 10.6. The molecule has 1 N–H and O–H groups in total. The predicted molar refractivity (Wildman–Crippen MR) is 111 cm³/mol. The first kappa shape index (κ1) is 19.1. The Hall–Kier alpha value is -2.68. The molecule has 3 aromatic rings. The van der Waals surface area contributed by atoms with E-state index in [2.05, 4.69) is 6.92 Å². The number of unbranched alkanes of at least 4 members (excludes halogenated alkanes) is 5. The number of hydrogen-bond acceptors (Lipinski definition) is 3. The number of rotatable bonds is 10. The third-order valence-electron chi connectivity index (χ3n) is 4.67. The van der Waals surface area contributed by atoms with Crippen molar-refractivity contribution in [2.24, 2.45) is 0 Å². The molecule has 3 nitrogen and oxygen atoms in total. The van der Waals surface area contributed by atoms with Gasteiger partial charge in [0.05, 0.1) is 6.61 Å². The third-order valence-corrected chi connectivity index (χ3v) is 4.67. The number of ether oxygens (including phenoxy) is 2. The van der Waals surface area contributed by atoms with Crippen LogP contribution in [0.15, 0.2) is 60.7 Å².